The molecule has 0 spiro atoms. The Labute approximate surface area is 109 Å². The number of para-hydroxylation sites is 1. The third kappa shape index (κ3) is 2.31. The summed E-state index contributed by atoms with van der Waals surface area (Å²) in [6.07, 6.45) is 1.96. The van der Waals surface area contributed by atoms with Gasteiger partial charge < -0.3 is 5.32 Å². The molecule has 96 valence electrons. The minimum atomic E-state index is 0.882. The van der Waals surface area contributed by atoms with Crippen LogP contribution < -0.4 is 5.32 Å². The van der Waals surface area contributed by atoms with Crippen molar-refractivity contribution < 1.29 is 0 Å². The zero-order valence-electron chi connectivity index (χ0n) is 11.6. The summed E-state index contributed by atoms with van der Waals surface area (Å²) in [4.78, 5) is 0. The lowest BCUT2D eigenvalue weighted by Crippen LogP contribution is -2.12. The Hall–Kier alpha value is -1.61. The molecule has 3 nitrogen and oxygen atoms in total. The van der Waals surface area contributed by atoms with E-state index < -0.39 is 0 Å². The molecule has 0 aliphatic heterocycles. The van der Waals surface area contributed by atoms with Crippen LogP contribution in [-0.2, 0) is 6.54 Å². The Balaban J connectivity index is 2.43. The van der Waals surface area contributed by atoms with Crippen molar-refractivity contribution in [3.05, 3.63) is 46.8 Å². The first-order chi connectivity index (χ1) is 8.65. The second-order valence-corrected chi connectivity index (χ2v) is 4.69. The Morgan fingerprint density at radius 3 is 2.44 bits per heavy atom. The average molecular weight is 243 g/mol. The predicted octanol–water partition coefficient (Wildman–Crippen LogP) is 2.91. The van der Waals surface area contributed by atoms with Crippen molar-refractivity contribution in [1.82, 2.24) is 15.1 Å². The van der Waals surface area contributed by atoms with Crippen LogP contribution in [0.4, 0.5) is 0 Å². The van der Waals surface area contributed by atoms with Crippen molar-refractivity contribution >= 4 is 0 Å². The van der Waals surface area contributed by atoms with Gasteiger partial charge in [-0.3, -0.25) is 0 Å². The van der Waals surface area contributed by atoms with Gasteiger partial charge in [-0.05, 0) is 38.4 Å². The first-order valence-corrected chi connectivity index (χ1v) is 6.46. The van der Waals surface area contributed by atoms with Gasteiger partial charge in [-0.2, -0.15) is 5.10 Å². The summed E-state index contributed by atoms with van der Waals surface area (Å²) in [6.45, 7) is 10.4. The lowest BCUT2D eigenvalue weighted by molar-refractivity contribution is 0.721. The predicted molar refractivity (Wildman–Crippen MR) is 75.2 cm³/mol. The van der Waals surface area contributed by atoms with Gasteiger partial charge in [0.1, 0.15) is 0 Å². The summed E-state index contributed by atoms with van der Waals surface area (Å²) in [6, 6.07) is 6.35. The molecular formula is C15H21N3. The second kappa shape index (κ2) is 5.36. The lowest BCUT2D eigenvalue weighted by Gasteiger charge is -2.12. The largest absolute Gasteiger partial charge is 0.313 e. The Morgan fingerprint density at radius 1 is 1.17 bits per heavy atom. The van der Waals surface area contributed by atoms with Crippen LogP contribution in [0.2, 0.25) is 0 Å². The number of aromatic nitrogens is 2. The molecule has 1 aromatic carbocycles. The molecule has 0 fully saturated rings. The van der Waals surface area contributed by atoms with Gasteiger partial charge in [0.2, 0.25) is 0 Å². The van der Waals surface area contributed by atoms with E-state index in [1.54, 1.807) is 0 Å². The molecule has 0 unspecified atom stereocenters. The molecule has 2 rings (SSSR count). The zero-order chi connectivity index (χ0) is 13.1. The molecule has 0 saturated heterocycles. The summed E-state index contributed by atoms with van der Waals surface area (Å²) < 4.78 is 2.05. The molecule has 0 radical (unpaired) electrons. The third-order valence-corrected chi connectivity index (χ3v) is 3.33. The quantitative estimate of drug-likeness (QED) is 0.895. The maximum atomic E-state index is 4.54. The number of nitrogens with zero attached hydrogens (tertiary/aromatic N) is 2. The third-order valence-electron chi connectivity index (χ3n) is 3.33. The monoisotopic (exact) mass is 243 g/mol. The van der Waals surface area contributed by atoms with Gasteiger partial charge in [0.25, 0.3) is 0 Å². The highest BCUT2D eigenvalue weighted by atomic mass is 15.3. The standard InChI is InChI=1S/C15H21N3/c1-5-16-9-14-10-17-18(13(14)4)15-11(2)7-6-8-12(15)3/h6-8,10,16H,5,9H2,1-4H3. The van der Waals surface area contributed by atoms with E-state index in [9.17, 15) is 0 Å². The average Bonchev–Trinajstić information content (AvgIpc) is 2.69. The van der Waals surface area contributed by atoms with Crippen molar-refractivity contribution in [2.45, 2.75) is 34.2 Å². The molecule has 18 heavy (non-hydrogen) atoms. The molecule has 0 saturated carbocycles. The molecule has 0 aliphatic carbocycles. The summed E-state index contributed by atoms with van der Waals surface area (Å²) in [5.41, 5.74) is 6.21. The van der Waals surface area contributed by atoms with Crippen LogP contribution in [0.25, 0.3) is 5.69 Å². The Kier molecular flexibility index (Phi) is 3.82. The van der Waals surface area contributed by atoms with Crippen LogP contribution in [0.1, 0.15) is 29.3 Å². The molecule has 2 aromatic rings. The Bertz CT molecular complexity index is 520. The number of benzene rings is 1. The van der Waals surface area contributed by atoms with Gasteiger partial charge in [-0.15, -0.1) is 0 Å². The van der Waals surface area contributed by atoms with E-state index in [1.807, 2.05) is 6.20 Å². The fourth-order valence-corrected chi connectivity index (χ4v) is 2.24. The maximum Gasteiger partial charge on any atom is 0.0707 e. The van der Waals surface area contributed by atoms with Gasteiger partial charge in [-0.25, -0.2) is 4.68 Å². The van der Waals surface area contributed by atoms with Crippen LogP contribution in [0, 0.1) is 20.8 Å². The first kappa shape index (κ1) is 12.8. The normalized spacial score (nSPS) is 10.9. The van der Waals surface area contributed by atoms with Crippen molar-refractivity contribution in [2.75, 3.05) is 6.54 Å². The minimum absolute atomic E-state index is 0.882. The van der Waals surface area contributed by atoms with E-state index >= 15 is 0 Å². The van der Waals surface area contributed by atoms with Crippen LogP contribution >= 0.6 is 0 Å². The molecule has 0 atom stereocenters. The van der Waals surface area contributed by atoms with E-state index in [4.69, 9.17) is 0 Å². The van der Waals surface area contributed by atoms with Gasteiger partial charge >= 0.3 is 0 Å². The SMILES string of the molecule is CCNCc1cnn(-c2c(C)cccc2C)c1C. The van der Waals surface area contributed by atoms with Crippen molar-refractivity contribution in [2.24, 2.45) is 0 Å². The molecule has 1 N–H and O–H groups in total. The second-order valence-electron chi connectivity index (χ2n) is 4.69. The van der Waals surface area contributed by atoms with Gasteiger partial charge in [0.05, 0.1) is 11.9 Å². The number of nitrogens with one attached hydrogen (secondary N) is 1. The van der Waals surface area contributed by atoms with E-state index in [0.29, 0.717) is 0 Å². The van der Waals surface area contributed by atoms with Gasteiger partial charge in [0, 0.05) is 17.8 Å². The molecule has 3 heteroatoms. The number of hydrogen-bond donors (Lipinski definition) is 1. The van der Waals surface area contributed by atoms with Crippen LogP contribution in [0.3, 0.4) is 0 Å². The fraction of sp³-hybridized carbons (Fsp3) is 0.400. The summed E-state index contributed by atoms with van der Waals surface area (Å²) in [7, 11) is 0. The van der Waals surface area contributed by atoms with Crippen molar-refractivity contribution in [3.63, 3.8) is 0 Å². The van der Waals surface area contributed by atoms with E-state index in [1.165, 1.54) is 28.1 Å². The van der Waals surface area contributed by atoms with E-state index in [2.05, 4.69) is 61.0 Å². The van der Waals surface area contributed by atoms with Gasteiger partial charge in [-0.1, -0.05) is 25.1 Å². The molecule has 0 bridgehead atoms. The first-order valence-electron chi connectivity index (χ1n) is 6.46. The van der Waals surface area contributed by atoms with Crippen LogP contribution in [-0.4, -0.2) is 16.3 Å². The lowest BCUT2D eigenvalue weighted by atomic mass is 10.1. The van der Waals surface area contributed by atoms with Crippen molar-refractivity contribution in [1.29, 1.82) is 0 Å². The Morgan fingerprint density at radius 2 is 1.83 bits per heavy atom. The summed E-state index contributed by atoms with van der Waals surface area (Å²) >= 11 is 0. The smallest absolute Gasteiger partial charge is 0.0707 e. The highest BCUT2D eigenvalue weighted by Crippen LogP contribution is 2.21. The maximum absolute atomic E-state index is 4.54. The number of aryl methyl sites for hydroxylation is 2. The molecule has 1 aromatic heterocycles. The molecule has 0 amide bonds. The molecule has 1 heterocycles. The summed E-state index contributed by atoms with van der Waals surface area (Å²) in [5, 5.41) is 7.88. The fourth-order valence-electron chi connectivity index (χ4n) is 2.24. The topological polar surface area (TPSA) is 29.9 Å². The van der Waals surface area contributed by atoms with Crippen LogP contribution in [0.5, 0.6) is 0 Å². The van der Waals surface area contributed by atoms with Crippen molar-refractivity contribution in [3.8, 4) is 5.69 Å². The minimum Gasteiger partial charge on any atom is -0.313 e. The molecular weight excluding hydrogens is 222 g/mol. The van der Waals surface area contributed by atoms with Crippen LogP contribution in [0.15, 0.2) is 24.4 Å². The van der Waals surface area contributed by atoms with E-state index in [-0.39, 0.29) is 0 Å². The highest BCUT2D eigenvalue weighted by molar-refractivity contribution is 5.47. The van der Waals surface area contributed by atoms with Gasteiger partial charge in [0.15, 0.2) is 0 Å². The highest BCUT2D eigenvalue weighted by Gasteiger charge is 2.11. The van der Waals surface area contributed by atoms with E-state index in [0.717, 1.165) is 13.1 Å². The molecule has 0 aliphatic rings. The number of rotatable bonds is 4. The summed E-state index contributed by atoms with van der Waals surface area (Å²) in [5.74, 6) is 0. The number of hydrogen-bond acceptors (Lipinski definition) is 2. The zero-order valence-corrected chi connectivity index (χ0v) is 11.6.